The molecule has 88 valence electrons. The van der Waals surface area contributed by atoms with Crippen molar-refractivity contribution < 1.29 is 9.13 Å². The second-order valence-electron chi connectivity index (χ2n) is 4.39. The van der Waals surface area contributed by atoms with Crippen molar-refractivity contribution >= 4 is 0 Å². The van der Waals surface area contributed by atoms with Crippen LogP contribution in [0.1, 0.15) is 26.2 Å². The van der Waals surface area contributed by atoms with Crippen molar-refractivity contribution in [3.05, 3.63) is 30.1 Å². The normalized spacial score (nSPS) is 22.0. The first-order chi connectivity index (χ1) is 7.75. The maximum atomic E-state index is 13.3. The number of hydrogen-bond acceptors (Lipinski definition) is 2. The van der Waals surface area contributed by atoms with Crippen molar-refractivity contribution in [2.45, 2.75) is 38.3 Å². The summed E-state index contributed by atoms with van der Waals surface area (Å²) in [6.45, 7) is 3.09. The van der Waals surface area contributed by atoms with E-state index in [4.69, 9.17) is 4.74 Å². The molecule has 0 spiro atoms. The van der Waals surface area contributed by atoms with E-state index in [1.54, 1.807) is 18.2 Å². The van der Waals surface area contributed by atoms with Crippen molar-refractivity contribution in [3.8, 4) is 5.75 Å². The molecule has 0 radical (unpaired) electrons. The third-order valence-corrected chi connectivity index (χ3v) is 2.94. The first kappa shape index (κ1) is 11.4. The number of halogens is 1. The summed E-state index contributed by atoms with van der Waals surface area (Å²) in [5.74, 6) is 0.0710. The van der Waals surface area contributed by atoms with E-state index in [9.17, 15) is 4.39 Å². The van der Waals surface area contributed by atoms with E-state index in [2.05, 4.69) is 5.32 Å². The minimum Gasteiger partial charge on any atom is -0.488 e. The molecule has 0 aromatic heterocycles. The SMILES string of the molecule is CC(CC1CCCN1)Oc1ccccc1F. The third kappa shape index (κ3) is 2.95. The Labute approximate surface area is 95.8 Å². The second-order valence-corrected chi connectivity index (χ2v) is 4.39. The minimum absolute atomic E-state index is 0.0486. The van der Waals surface area contributed by atoms with Gasteiger partial charge < -0.3 is 10.1 Å². The highest BCUT2D eigenvalue weighted by atomic mass is 19.1. The summed E-state index contributed by atoms with van der Waals surface area (Å²) in [5.41, 5.74) is 0. The number of para-hydroxylation sites is 1. The van der Waals surface area contributed by atoms with Crippen LogP contribution in [-0.4, -0.2) is 18.7 Å². The van der Waals surface area contributed by atoms with Gasteiger partial charge in [0.1, 0.15) is 0 Å². The lowest BCUT2D eigenvalue weighted by Crippen LogP contribution is -2.28. The zero-order valence-electron chi connectivity index (χ0n) is 9.58. The van der Waals surface area contributed by atoms with Crippen molar-refractivity contribution in [3.63, 3.8) is 0 Å². The lowest BCUT2D eigenvalue weighted by atomic mass is 10.1. The maximum absolute atomic E-state index is 13.3. The molecule has 2 atom stereocenters. The average Bonchev–Trinajstić information content (AvgIpc) is 2.74. The Morgan fingerprint density at radius 2 is 2.31 bits per heavy atom. The van der Waals surface area contributed by atoms with Gasteiger partial charge in [-0.15, -0.1) is 0 Å². The van der Waals surface area contributed by atoms with Crippen LogP contribution in [0.4, 0.5) is 4.39 Å². The Morgan fingerprint density at radius 1 is 1.50 bits per heavy atom. The molecule has 1 fully saturated rings. The van der Waals surface area contributed by atoms with Gasteiger partial charge in [0.15, 0.2) is 11.6 Å². The molecule has 0 bridgehead atoms. The number of hydrogen-bond donors (Lipinski definition) is 1. The molecule has 1 aliphatic heterocycles. The molecule has 3 heteroatoms. The molecule has 2 nitrogen and oxygen atoms in total. The van der Waals surface area contributed by atoms with Gasteiger partial charge in [-0.05, 0) is 44.9 Å². The van der Waals surface area contributed by atoms with E-state index in [0.717, 1.165) is 13.0 Å². The second kappa shape index (κ2) is 5.30. The summed E-state index contributed by atoms with van der Waals surface area (Å²) in [5, 5.41) is 3.41. The molecule has 1 saturated heterocycles. The zero-order valence-corrected chi connectivity index (χ0v) is 9.58. The highest BCUT2D eigenvalue weighted by molar-refractivity contribution is 5.23. The topological polar surface area (TPSA) is 21.3 Å². The molecule has 2 rings (SSSR count). The van der Waals surface area contributed by atoms with E-state index in [1.165, 1.54) is 18.9 Å². The van der Waals surface area contributed by atoms with Gasteiger partial charge in [-0.2, -0.15) is 0 Å². The first-order valence-corrected chi connectivity index (χ1v) is 5.90. The zero-order chi connectivity index (χ0) is 11.4. The van der Waals surface area contributed by atoms with Crippen LogP contribution in [0, 0.1) is 5.82 Å². The number of nitrogens with one attached hydrogen (secondary N) is 1. The number of benzene rings is 1. The lowest BCUT2D eigenvalue weighted by molar-refractivity contribution is 0.188. The van der Waals surface area contributed by atoms with E-state index in [0.29, 0.717) is 11.8 Å². The molecule has 0 saturated carbocycles. The van der Waals surface area contributed by atoms with E-state index in [-0.39, 0.29) is 11.9 Å². The third-order valence-electron chi connectivity index (χ3n) is 2.94. The van der Waals surface area contributed by atoms with Crippen LogP contribution in [-0.2, 0) is 0 Å². The van der Waals surface area contributed by atoms with E-state index >= 15 is 0 Å². The van der Waals surface area contributed by atoms with E-state index in [1.807, 2.05) is 6.92 Å². The van der Waals surface area contributed by atoms with Gasteiger partial charge in [0, 0.05) is 6.04 Å². The maximum Gasteiger partial charge on any atom is 0.165 e. The molecule has 1 N–H and O–H groups in total. The van der Waals surface area contributed by atoms with Crippen LogP contribution < -0.4 is 10.1 Å². The molecule has 1 aliphatic rings. The smallest absolute Gasteiger partial charge is 0.165 e. The number of rotatable bonds is 4. The fourth-order valence-corrected chi connectivity index (χ4v) is 2.16. The average molecular weight is 223 g/mol. The largest absolute Gasteiger partial charge is 0.488 e. The fourth-order valence-electron chi connectivity index (χ4n) is 2.16. The molecule has 0 amide bonds. The van der Waals surface area contributed by atoms with Gasteiger partial charge in [0.05, 0.1) is 6.10 Å². The minimum atomic E-state index is -0.284. The predicted molar refractivity (Wildman–Crippen MR) is 62.1 cm³/mol. The van der Waals surface area contributed by atoms with Crippen LogP contribution in [0.5, 0.6) is 5.75 Å². The van der Waals surface area contributed by atoms with Crippen LogP contribution in [0.15, 0.2) is 24.3 Å². The molecular formula is C13H18FNO. The van der Waals surface area contributed by atoms with Gasteiger partial charge >= 0.3 is 0 Å². The predicted octanol–water partition coefficient (Wildman–Crippen LogP) is 2.74. The molecule has 1 aromatic carbocycles. The van der Waals surface area contributed by atoms with E-state index < -0.39 is 0 Å². The lowest BCUT2D eigenvalue weighted by Gasteiger charge is -2.18. The monoisotopic (exact) mass is 223 g/mol. The van der Waals surface area contributed by atoms with Gasteiger partial charge in [-0.3, -0.25) is 0 Å². The Bertz CT molecular complexity index is 336. The first-order valence-electron chi connectivity index (χ1n) is 5.90. The summed E-state index contributed by atoms with van der Waals surface area (Å²) in [6.07, 6.45) is 3.42. The standard InChI is InChI=1S/C13H18FNO/c1-10(9-11-5-4-8-15-11)16-13-7-3-2-6-12(13)14/h2-3,6-7,10-11,15H,4-5,8-9H2,1H3. The Kier molecular flexibility index (Phi) is 3.78. The molecule has 1 aromatic rings. The molecule has 16 heavy (non-hydrogen) atoms. The summed E-state index contributed by atoms with van der Waals surface area (Å²) in [4.78, 5) is 0. The van der Waals surface area contributed by atoms with Crippen LogP contribution in [0.2, 0.25) is 0 Å². The highest BCUT2D eigenvalue weighted by Crippen LogP contribution is 2.20. The van der Waals surface area contributed by atoms with Gasteiger partial charge in [0.2, 0.25) is 0 Å². The molecule has 2 unspecified atom stereocenters. The Balaban J connectivity index is 1.86. The summed E-state index contributed by atoms with van der Waals surface area (Å²) < 4.78 is 18.9. The summed E-state index contributed by atoms with van der Waals surface area (Å²) in [7, 11) is 0. The fraction of sp³-hybridized carbons (Fsp3) is 0.538. The molecule has 1 heterocycles. The highest BCUT2D eigenvalue weighted by Gasteiger charge is 2.18. The van der Waals surface area contributed by atoms with Crippen molar-refractivity contribution in [1.29, 1.82) is 0 Å². The van der Waals surface area contributed by atoms with Crippen LogP contribution >= 0.6 is 0 Å². The van der Waals surface area contributed by atoms with Crippen molar-refractivity contribution in [2.24, 2.45) is 0 Å². The van der Waals surface area contributed by atoms with Crippen molar-refractivity contribution in [2.75, 3.05) is 6.54 Å². The summed E-state index contributed by atoms with van der Waals surface area (Å²) in [6, 6.07) is 7.09. The van der Waals surface area contributed by atoms with Crippen LogP contribution in [0.3, 0.4) is 0 Å². The Hall–Kier alpha value is -1.09. The van der Waals surface area contributed by atoms with Gasteiger partial charge in [-0.1, -0.05) is 12.1 Å². The quantitative estimate of drug-likeness (QED) is 0.847. The molecule has 0 aliphatic carbocycles. The Morgan fingerprint density at radius 3 is 3.00 bits per heavy atom. The summed E-state index contributed by atoms with van der Waals surface area (Å²) >= 11 is 0. The molecular weight excluding hydrogens is 205 g/mol. The van der Waals surface area contributed by atoms with Crippen LogP contribution in [0.25, 0.3) is 0 Å². The number of ether oxygens (including phenoxy) is 1. The van der Waals surface area contributed by atoms with Gasteiger partial charge in [-0.25, -0.2) is 4.39 Å². The van der Waals surface area contributed by atoms with Gasteiger partial charge in [0.25, 0.3) is 0 Å². The van der Waals surface area contributed by atoms with Crippen molar-refractivity contribution in [1.82, 2.24) is 5.32 Å².